The van der Waals surface area contributed by atoms with Gasteiger partial charge in [0.15, 0.2) is 11.4 Å². The molecule has 10 rings (SSSR count). The topological polar surface area (TPSA) is 98.6 Å². The van der Waals surface area contributed by atoms with E-state index in [1.807, 2.05) is 126 Å². The molecule has 2 amide bonds. The van der Waals surface area contributed by atoms with Crippen LogP contribution in [0.2, 0.25) is 0 Å². The van der Waals surface area contributed by atoms with Gasteiger partial charge >= 0.3 is 0 Å². The lowest BCUT2D eigenvalue weighted by atomic mass is 9.96. The Morgan fingerprint density at radius 3 is 1.77 bits per heavy atom. The van der Waals surface area contributed by atoms with Gasteiger partial charge < -0.3 is 4.57 Å². The van der Waals surface area contributed by atoms with Crippen LogP contribution in [0, 0.1) is 35.8 Å². The average molecular weight is 793 g/mol. The molecule has 0 aliphatic carbocycles. The van der Waals surface area contributed by atoms with Crippen molar-refractivity contribution in [2.75, 3.05) is 4.90 Å². The highest BCUT2D eigenvalue weighted by molar-refractivity contribution is 6.36. The zero-order valence-corrected chi connectivity index (χ0v) is 32.7. The normalized spacial score (nSPS) is 11.8. The Hall–Kier alpha value is -9.34. The summed E-state index contributed by atoms with van der Waals surface area (Å²) in [6.45, 7) is 15.7. The first-order valence-corrected chi connectivity index (χ1v) is 19.6. The van der Waals surface area contributed by atoms with E-state index in [9.17, 15) is 15.3 Å². The van der Waals surface area contributed by atoms with Crippen LogP contribution in [0.25, 0.3) is 81.7 Å². The molecule has 0 saturated heterocycles. The molecule has 0 saturated carbocycles. The Labute approximate surface area is 356 Å². The van der Waals surface area contributed by atoms with Crippen molar-refractivity contribution in [3.8, 4) is 62.3 Å². The zero-order chi connectivity index (χ0) is 42.5. The van der Waals surface area contributed by atoms with Gasteiger partial charge in [-0.2, -0.15) is 10.5 Å². The van der Waals surface area contributed by atoms with E-state index >= 15 is 4.79 Å². The molecule has 0 unspecified atom stereocenters. The Morgan fingerprint density at radius 1 is 0.468 bits per heavy atom. The lowest BCUT2D eigenvalue weighted by Crippen LogP contribution is -2.30. The summed E-state index contributed by atoms with van der Waals surface area (Å²) >= 11 is 0. The molecule has 0 bridgehead atoms. The van der Waals surface area contributed by atoms with E-state index in [0.29, 0.717) is 67.0 Å². The average Bonchev–Trinajstić information content (AvgIpc) is 3.81. The van der Waals surface area contributed by atoms with Gasteiger partial charge in [-0.25, -0.2) is 14.6 Å². The molecule has 2 heterocycles. The molecule has 8 heteroatoms. The van der Waals surface area contributed by atoms with Crippen LogP contribution >= 0.6 is 0 Å². The Bertz CT molecular complexity index is 3430. The Kier molecular flexibility index (Phi) is 8.82. The van der Waals surface area contributed by atoms with E-state index in [-0.39, 0.29) is 16.8 Å². The highest BCUT2D eigenvalue weighted by atomic mass is 16.2. The fourth-order valence-electron chi connectivity index (χ4n) is 8.70. The second-order valence-corrected chi connectivity index (χ2v) is 14.8. The van der Waals surface area contributed by atoms with E-state index in [2.05, 4.69) is 21.8 Å². The maximum absolute atomic E-state index is 15.3. The predicted molar refractivity (Wildman–Crippen MR) is 242 cm³/mol. The van der Waals surface area contributed by atoms with Crippen molar-refractivity contribution in [3.05, 3.63) is 215 Å². The number of aromatic nitrogens is 1. The van der Waals surface area contributed by atoms with Crippen LogP contribution in [0.3, 0.4) is 0 Å². The zero-order valence-electron chi connectivity index (χ0n) is 32.7. The van der Waals surface area contributed by atoms with E-state index in [0.717, 1.165) is 27.5 Å². The van der Waals surface area contributed by atoms with Crippen molar-refractivity contribution in [2.45, 2.75) is 0 Å². The first kappa shape index (κ1) is 37.0. The summed E-state index contributed by atoms with van der Waals surface area (Å²) in [6, 6.07) is 56.6. The quantitative estimate of drug-likeness (QED) is 0.124. The predicted octanol–water partition coefficient (Wildman–Crippen LogP) is 13.1. The molecule has 9 aromatic rings. The molecule has 1 aliphatic heterocycles. The smallest absolute Gasteiger partial charge is 0.268 e. The van der Waals surface area contributed by atoms with Crippen molar-refractivity contribution in [1.29, 1.82) is 10.5 Å². The van der Waals surface area contributed by atoms with Crippen molar-refractivity contribution in [2.24, 2.45) is 0 Å². The standard InChI is InChI=1S/C54H28N6O2/c1-57-38-24-26-40(47(30-38)58-2)42-17-10-19-44-43-18-9-16-41(39-25-22-33(31-55)28-37(39)32-56)51(43)59(52(42)44)49-21-11-20-45-50(49)54(62)60(53(45)61)48-27-23-36(34-12-5-3-6-13-34)29-46(48)35-14-7-4-8-15-35/h3-30H. The number of carbonyl (C=O) groups is 2. The number of nitrogens with zero attached hydrogens (tertiary/aromatic N) is 6. The van der Waals surface area contributed by atoms with Gasteiger partial charge in [-0.15, -0.1) is 0 Å². The Morgan fingerprint density at radius 2 is 1.11 bits per heavy atom. The van der Waals surface area contributed by atoms with Crippen LogP contribution in [-0.4, -0.2) is 16.4 Å². The molecule has 0 radical (unpaired) electrons. The first-order valence-electron chi connectivity index (χ1n) is 19.6. The minimum atomic E-state index is -0.505. The van der Waals surface area contributed by atoms with Crippen molar-refractivity contribution >= 4 is 50.7 Å². The number of benzene rings is 8. The lowest BCUT2D eigenvalue weighted by molar-refractivity contribution is 0.0926. The van der Waals surface area contributed by atoms with Gasteiger partial charge in [-0.3, -0.25) is 9.59 Å². The van der Waals surface area contributed by atoms with E-state index < -0.39 is 11.8 Å². The fraction of sp³-hybridized carbons (Fsp3) is 0. The van der Waals surface area contributed by atoms with Gasteiger partial charge in [-0.05, 0) is 64.2 Å². The second-order valence-electron chi connectivity index (χ2n) is 14.8. The Balaban J connectivity index is 1.27. The third-order valence-electron chi connectivity index (χ3n) is 11.5. The molecule has 8 nitrogen and oxygen atoms in total. The molecule has 62 heavy (non-hydrogen) atoms. The summed E-state index contributed by atoms with van der Waals surface area (Å²) < 4.78 is 1.97. The summed E-state index contributed by atoms with van der Waals surface area (Å²) in [5.41, 5.74) is 9.81. The molecule has 8 aromatic carbocycles. The summed E-state index contributed by atoms with van der Waals surface area (Å²) in [7, 11) is 0. The first-order chi connectivity index (χ1) is 30.4. The monoisotopic (exact) mass is 792 g/mol. The number of fused-ring (bicyclic) bond motifs is 4. The number of imide groups is 1. The summed E-state index contributed by atoms with van der Waals surface area (Å²) in [4.78, 5) is 38.8. The highest BCUT2D eigenvalue weighted by Crippen LogP contribution is 2.47. The third-order valence-corrected chi connectivity index (χ3v) is 11.5. The molecular weight excluding hydrogens is 765 g/mol. The minimum absolute atomic E-state index is 0.196. The van der Waals surface area contributed by atoms with E-state index in [1.165, 1.54) is 4.90 Å². The number of hydrogen-bond acceptors (Lipinski definition) is 4. The number of anilines is 1. The van der Waals surface area contributed by atoms with Gasteiger partial charge in [0.2, 0.25) is 0 Å². The van der Waals surface area contributed by atoms with Crippen molar-refractivity contribution in [1.82, 2.24) is 4.57 Å². The van der Waals surface area contributed by atoms with E-state index in [4.69, 9.17) is 13.1 Å². The van der Waals surface area contributed by atoms with Gasteiger partial charge in [0.05, 0.1) is 69.9 Å². The van der Waals surface area contributed by atoms with Crippen LogP contribution in [0.4, 0.5) is 17.1 Å². The van der Waals surface area contributed by atoms with Crippen molar-refractivity contribution in [3.63, 3.8) is 0 Å². The summed E-state index contributed by atoms with van der Waals surface area (Å²) in [5.74, 6) is -0.976. The molecule has 0 fully saturated rings. The number of carbonyl (C=O) groups excluding carboxylic acids is 2. The fourth-order valence-corrected chi connectivity index (χ4v) is 8.70. The van der Waals surface area contributed by atoms with Crippen molar-refractivity contribution < 1.29 is 9.59 Å². The van der Waals surface area contributed by atoms with Gasteiger partial charge in [-0.1, -0.05) is 133 Å². The number of para-hydroxylation sites is 2. The van der Waals surface area contributed by atoms with Crippen LogP contribution in [0.1, 0.15) is 31.8 Å². The molecule has 1 aliphatic rings. The number of nitriles is 2. The van der Waals surface area contributed by atoms with E-state index in [1.54, 1.807) is 48.5 Å². The number of rotatable bonds is 6. The number of amides is 2. The molecule has 1 aromatic heterocycles. The molecule has 0 spiro atoms. The molecule has 0 N–H and O–H groups in total. The van der Waals surface area contributed by atoms with Crippen LogP contribution in [0.15, 0.2) is 170 Å². The maximum atomic E-state index is 15.3. The van der Waals surface area contributed by atoms with Gasteiger partial charge in [0, 0.05) is 27.5 Å². The summed E-state index contributed by atoms with van der Waals surface area (Å²) in [5, 5.41) is 21.7. The second kappa shape index (κ2) is 14.8. The third kappa shape index (κ3) is 5.73. The minimum Gasteiger partial charge on any atom is -0.307 e. The lowest BCUT2D eigenvalue weighted by Gasteiger charge is -2.20. The molecular formula is C54H28N6O2. The highest BCUT2D eigenvalue weighted by Gasteiger charge is 2.41. The largest absolute Gasteiger partial charge is 0.307 e. The molecule has 286 valence electrons. The van der Waals surface area contributed by atoms with Crippen LogP contribution in [0.5, 0.6) is 0 Å². The van der Waals surface area contributed by atoms with Gasteiger partial charge in [0.25, 0.3) is 11.8 Å². The molecule has 0 atom stereocenters. The maximum Gasteiger partial charge on any atom is 0.268 e. The summed E-state index contributed by atoms with van der Waals surface area (Å²) in [6.07, 6.45) is 0. The van der Waals surface area contributed by atoms with Gasteiger partial charge in [0.1, 0.15) is 0 Å². The SMILES string of the molecule is [C-]#[N+]c1ccc(-c2cccc3c4cccc(-c5ccc(C#N)cc5C#N)c4n(-c4cccc5c4C(=O)N(c4ccc(-c6ccccc6)cc4-c4ccccc4)C5=O)c23)c([N+]#[C-])c1. The number of hydrogen-bond donors (Lipinski definition) is 0. The van der Waals surface area contributed by atoms with Crippen LogP contribution in [-0.2, 0) is 0 Å². The van der Waals surface area contributed by atoms with Crippen LogP contribution < -0.4 is 4.90 Å².